The summed E-state index contributed by atoms with van der Waals surface area (Å²) in [5, 5.41) is 14.5. The fourth-order valence-electron chi connectivity index (χ4n) is 2.58. The maximum atomic E-state index is 12.0. The maximum Gasteiger partial charge on any atom is 0.224 e. The van der Waals surface area contributed by atoms with Crippen molar-refractivity contribution in [1.82, 2.24) is 25.2 Å². The van der Waals surface area contributed by atoms with Gasteiger partial charge in [-0.25, -0.2) is 0 Å². The van der Waals surface area contributed by atoms with E-state index in [2.05, 4.69) is 20.8 Å². The highest BCUT2D eigenvalue weighted by molar-refractivity contribution is 5.78. The molecule has 6 heteroatoms. The van der Waals surface area contributed by atoms with E-state index in [4.69, 9.17) is 0 Å². The standard InChI is InChI=1S/C14H19N5O/c20-14(11-4-3-7-15-10-11)16-8-6-13-18-17-12-5-1-2-9-19(12)13/h1-2,5,9,11,15H,3-4,6-8,10H2,(H,16,20)/t11-/m0/s1. The van der Waals surface area contributed by atoms with Gasteiger partial charge in [-0.2, -0.15) is 0 Å². The van der Waals surface area contributed by atoms with Crippen molar-refractivity contribution in [1.29, 1.82) is 0 Å². The van der Waals surface area contributed by atoms with Gasteiger partial charge in [-0.15, -0.1) is 10.2 Å². The molecule has 106 valence electrons. The van der Waals surface area contributed by atoms with Gasteiger partial charge in [-0.1, -0.05) is 6.07 Å². The van der Waals surface area contributed by atoms with E-state index in [1.807, 2.05) is 28.8 Å². The van der Waals surface area contributed by atoms with Crippen molar-refractivity contribution < 1.29 is 4.79 Å². The molecular weight excluding hydrogens is 254 g/mol. The van der Waals surface area contributed by atoms with Gasteiger partial charge in [0, 0.05) is 25.7 Å². The smallest absolute Gasteiger partial charge is 0.224 e. The summed E-state index contributed by atoms with van der Waals surface area (Å²) in [6, 6.07) is 5.81. The fourth-order valence-corrected chi connectivity index (χ4v) is 2.58. The zero-order valence-corrected chi connectivity index (χ0v) is 11.4. The number of carbonyl (C=O) groups excluding carboxylic acids is 1. The van der Waals surface area contributed by atoms with Crippen molar-refractivity contribution in [3.63, 3.8) is 0 Å². The molecule has 0 bridgehead atoms. The van der Waals surface area contributed by atoms with Gasteiger partial charge >= 0.3 is 0 Å². The van der Waals surface area contributed by atoms with Crippen LogP contribution in [-0.4, -0.2) is 40.1 Å². The lowest BCUT2D eigenvalue weighted by Crippen LogP contribution is -2.41. The Kier molecular flexibility index (Phi) is 3.92. The number of pyridine rings is 1. The van der Waals surface area contributed by atoms with Gasteiger partial charge < -0.3 is 10.6 Å². The van der Waals surface area contributed by atoms with E-state index in [0.29, 0.717) is 13.0 Å². The van der Waals surface area contributed by atoms with Crippen molar-refractivity contribution in [2.75, 3.05) is 19.6 Å². The van der Waals surface area contributed by atoms with Gasteiger partial charge in [-0.3, -0.25) is 9.20 Å². The first-order valence-corrected chi connectivity index (χ1v) is 7.11. The zero-order valence-electron chi connectivity index (χ0n) is 11.4. The van der Waals surface area contributed by atoms with Crippen molar-refractivity contribution in [2.45, 2.75) is 19.3 Å². The van der Waals surface area contributed by atoms with Crippen molar-refractivity contribution >= 4 is 11.6 Å². The number of nitrogens with one attached hydrogen (secondary N) is 2. The molecule has 0 aromatic carbocycles. The molecule has 1 atom stereocenters. The van der Waals surface area contributed by atoms with Gasteiger partial charge in [-0.05, 0) is 31.5 Å². The summed E-state index contributed by atoms with van der Waals surface area (Å²) in [6.45, 7) is 2.42. The summed E-state index contributed by atoms with van der Waals surface area (Å²) in [5.41, 5.74) is 0.838. The predicted molar refractivity (Wildman–Crippen MR) is 75.3 cm³/mol. The number of piperidine rings is 1. The molecule has 20 heavy (non-hydrogen) atoms. The van der Waals surface area contributed by atoms with Crippen LogP contribution in [0.3, 0.4) is 0 Å². The molecule has 0 saturated carbocycles. The molecule has 0 radical (unpaired) electrons. The summed E-state index contributed by atoms with van der Waals surface area (Å²) in [6.07, 6.45) is 4.69. The fraction of sp³-hybridized carbons (Fsp3) is 0.500. The first-order chi connectivity index (χ1) is 9.84. The molecule has 0 unspecified atom stereocenters. The summed E-state index contributed by atoms with van der Waals surface area (Å²) < 4.78 is 1.95. The molecule has 1 aliphatic heterocycles. The Morgan fingerprint density at radius 2 is 2.40 bits per heavy atom. The monoisotopic (exact) mass is 273 g/mol. The predicted octanol–water partition coefficient (Wildman–Crippen LogP) is 0.388. The van der Waals surface area contributed by atoms with Crippen molar-refractivity contribution in [3.05, 3.63) is 30.2 Å². The van der Waals surface area contributed by atoms with E-state index >= 15 is 0 Å². The highest BCUT2D eigenvalue weighted by Crippen LogP contribution is 2.09. The average Bonchev–Trinajstić information content (AvgIpc) is 2.92. The number of hydrogen-bond donors (Lipinski definition) is 2. The molecule has 6 nitrogen and oxygen atoms in total. The van der Waals surface area contributed by atoms with E-state index in [1.165, 1.54) is 0 Å². The molecule has 0 spiro atoms. The second-order valence-corrected chi connectivity index (χ2v) is 5.13. The van der Waals surface area contributed by atoms with Gasteiger partial charge in [0.15, 0.2) is 5.65 Å². The number of fused-ring (bicyclic) bond motifs is 1. The van der Waals surface area contributed by atoms with E-state index < -0.39 is 0 Å². The minimum atomic E-state index is 0.110. The summed E-state index contributed by atoms with van der Waals surface area (Å²) in [5.74, 6) is 1.13. The van der Waals surface area contributed by atoms with Crippen molar-refractivity contribution in [2.24, 2.45) is 5.92 Å². The lowest BCUT2D eigenvalue weighted by molar-refractivity contribution is -0.125. The Labute approximate surface area is 117 Å². The molecule has 1 aliphatic rings. The minimum absolute atomic E-state index is 0.110. The number of rotatable bonds is 4. The summed E-state index contributed by atoms with van der Waals surface area (Å²) in [7, 11) is 0. The van der Waals surface area contributed by atoms with E-state index in [0.717, 1.165) is 37.4 Å². The number of amides is 1. The van der Waals surface area contributed by atoms with Crippen LogP contribution < -0.4 is 10.6 Å². The van der Waals surface area contributed by atoms with Gasteiger partial charge in [0.1, 0.15) is 5.82 Å². The van der Waals surface area contributed by atoms with Crippen LogP contribution in [0.15, 0.2) is 24.4 Å². The maximum absolute atomic E-state index is 12.0. The molecule has 1 fully saturated rings. The third-order valence-electron chi connectivity index (χ3n) is 3.70. The first-order valence-electron chi connectivity index (χ1n) is 7.11. The van der Waals surface area contributed by atoms with Crippen LogP contribution in [0.5, 0.6) is 0 Å². The van der Waals surface area contributed by atoms with Gasteiger partial charge in [0.25, 0.3) is 0 Å². The highest BCUT2D eigenvalue weighted by Gasteiger charge is 2.20. The minimum Gasteiger partial charge on any atom is -0.355 e. The Morgan fingerprint density at radius 1 is 1.45 bits per heavy atom. The van der Waals surface area contributed by atoms with E-state index in [-0.39, 0.29) is 11.8 Å². The van der Waals surface area contributed by atoms with E-state index in [9.17, 15) is 4.79 Å². The average molecular weight is 273 g/mol. The lowest BCUT2D eigenvalue weighted by Gasteiger charge is -2.21. The number of nitrogens with zero attached hydrogens (tertiary/aromatic N) is 3. The quantitative estimate of drug-likeness (QED) is 0.845. The first kappa shape index (κ1) is 13.1. The van der Waals surface area contributed by atoms with Crippen LogP contribution >= 0.6 is 0 Å². The second-order valence-electron chi connectivity index (χ2n) is 5.13. The molecule has 2 aromatic heterocycles. The molecule has 2 N–H and O–H groups in total. The third-order valence-corrected chi connectivity index (χ3v) is 3.70. The zero-order chi connectivity index (χ0) is 13.8. The van der Waals surface area contributed by atoms with Crippen LogP contribution in [0.1, 0.15) is 18.7 Å². The van der Waals surface area contributed by atoms with Crippen LogP contribution in [-0.2, 0) is 11.2 Å². The molecular formula is C14H19N5O. The normalized spacial score (nSPS) is 19.1. The molecule has 2 aromatic rings. The highest BCUT2D eigenvalue weighted by atomic mass is 16.1. The molecule has 1 amide bonds. The Balaban J connectivity index is 1.53. The van der Waals surface area contributed by atoms with Crippen LogP contribution in [0.4, 0.5) is 0 Å². The largest absolute Gasteiger partial charge is 0.355 e. The second kappa shape index (κ2) is 6.00. The van der Waals surface area contributed by atoms with Crippen LogP contribution in [0.25, 0.3) is 5.65 Å². The summed E-state index contributed by atoms with van der Waals surface area (Å²) in [4.78, 5) is 12.0. The van der Waals surface area contributed by atoms with Gasteiger partial charge in [0.05, 0.1) is 5.92 Å². The van der Waals surface area contributed by atoms with Gasteiger partial charge in [0.2, 0.25) is 5.91 Å². The van der Waals surface area contributed by atoms with Crippen LogP contribution in [0, 0.1) is 5.92 Å². The molecule has 3 heterocycles. The molecule has 1 saturated heterocycles. The third kappa shape index (κ3) is 2.80. The Hall–Kier alpha value is -1.95. The number of carbonyl (C=O) groups is 1. The Bertz CT molecular complexity index is 588. The molecule has 3 rings (SSSR count). The van der Waals surface area contributed by atoms with E-state index in [1.54, 1.807) is 0 Å². The molecule has 0 aliphatic carbocycles. The SMILES string of the molecule is O=C(NCCc1nnc2ccccn12)[C@H]1CCCNC1. The number of hydrogen-bond acceptors (Lipinski definition) is 4. The van der Waals surface area contributed by atoms with Crippen LogP contribution in [0.2, 0.25) is 0 Å². The Morgan fingerprint density at radius 3 is 3.25 bits per heavy atom. The van der Waals surface area contributed by atoms with Crippen molar-refractivity contribution in [3.8, 4) is 0 Å². The number of aromatic nitrogens is 3. The topological polar surface area (TPSA) is 71.3 Å². The summed E-state index contributed by atoms with van der Waals surface area (Å²) >= 11 is 0. The lowest BCUT2D eigenvalue weighted by atomic mass is 9.99.